The molecule has 2 heterocycles. The maximum Gasteiger partial charge on any atom is 0.262 e. The van der Waals surface area contributed by atoms with E-state index in [4.69, 9.17) is 4.74 Å². The molecule has 28 heavy (non-hydrogen) atoms. The summed E-state index contributed by atoms with van der Waals surface area (Å²) in [5.74, 6) is 1.30. The molecule has 0 saturated carbocycles. The minimum absolute atomic E-state index is 0.0302. The maximum absolute atomic E-state index is 12.2. The highest BCUT2D eigenvalue weighted by molar-refractivity contribution is 5.92. The van der Waals surface area contributed by atoms with Crippen molar-refractivity contribution in [3.8, 4) is 5.75 Å². The number of aromatic nitrogens is 1. The van der Waals surface area contributed by atoms with Crippen molar-refractivity contribution in [3.63, 3.8) is 0 Å². The Bertz CT molecular complexity index is 947. The molecule has 0 radical (unpaired) electrons. The standard InChI is InChI=1S/C23H25N3O2/c1-17-10-13-26(14-11-17)20-6-4-19(5-7-20)25-23(27)16-28-21-8-9-22-18(15-21)3-2-12-24-22/h2-9,12,15,17H,10-11,13-14,16H2,1H3,(H,25,27). The molecule has 1 amide bonds. The number of carbonyl (C=O) groups excluding carboxylic acids is 1. The summed E-state index contributed by atoms with van der Waals surface area (Å²) < 4.78 is 5.63. The van der Waals surface area contributed by atoms with E-state index in [2.05, 4.69) is 34.3 Å². The van der Waals surface area contributed by atoms with Crippen LogP contribution in [0.2, 0.25) is 0 Å². The van der Waals surface area contributed by atoms with Crippen LogP contribution in [-0.2, 0) is 4.79 Å². The van der Waals surface area contributed by atoms with Gasteiger partial charge in [0.2, 0.25) is 0 Å². The quantitative estimate of drug-likeness (QED) is 0.714. The van der Waals surface area contributed by atoms with Gasteiger partial charge in [0, 0.05) is 36.0 Å². The minimum Gasteiger partial charge on any atom is -0.484 e. The molecular formula is C23H25N3O2. The highest BCUT2D eigenvalue weighted by atomic mass is 16.5. The molecule has 1 N–H and O–H groups in total. The Morgan fingerprint density at radius 3 is 2.71 bits per heavy atom. The smallest absolute Gasteiger partial charge is 0.262 e. The zero-order valence-corrected chi connectivity index (χ0v) is 16.1. The van der Waals surface area contributed by atoms with Crippen molar-refractivity contribution in [1.82, 2.24) is 4.98 Å². The number of nitrogens with zero attached hydrogens (tertiary/aromatic N) is 2. The van der Waals surface area contributed by atoms with E-state index < -0.39 is 0 Å². The third-order valence-corrected chi connectivity index (χ3v) is 5.24. The number of ether oxygens (including phenoxy) is 1. The second-order valence-electron chi connectivity index (χ2n) is 7.41. The summed E-state index contributed by atoms with van der Waals surface area (Å²) in [5.41, 5.74) is 2.90. The molecule has 3 aromatic rings. The van der Waals surface area contributed by atoms with Crippen LogP contribution >= 0.6 is 0 Å². The molecule has 0 atom stereocenters. The number of carbonyl (C=O) groups is 1. The van der Waals surface area contributed by atoms with Crippen molar-refractivity contribution in [3.05, 3.63) is 60.8 Å². The van der Waals surface area contributed by atoms with Crippen molar-refractivity contribution in [2.75, 3.05) is 29.9 Å². The Hall–Kier alpha value is -3.08. The zero-order chi connectivity index (χ0) is 19.3. The van der Waals surface area contributed by atoms with Gasteiger partial charge in [-0.2, -0.15) is 0 Å². The van der Waals surface area contributed by atoms with Crippen LogP contribution in [-0.4, -0.2) is 30.6 Å². The summed E-state index contributed by atoms with van der Waals surface area (Å²) in [7, 11) is 0. The average Bonchev–Trinajstić information content (AvgIpc) is 2.73. The number of fused-ring (bicyclic) bond motifs is 1. The van der Waals surface area contributed by atoms with Gasteiger partial charge in [0.15, 0.2) is 6.61 Å². The van der Waals surface area contributed by atoms with Crippen LogP contribution in [0, 0.1) is 5.92 Å². The van der Waals surface area contributed by atoms with Crippen molar-refractivity contribution >= 4 is 28.2 Å². The van der Waals surface area contributed by atoms with Gasteiger partial charge in [0.05, 0.1) is 5.52 Å². The molecule has 5 nitrogen and oxygen atoms in total. The molecule has 0 unspecified atom stereocenters. The fraction of sp³-hybridized carbons (Fsp3) is 0.304. The molecule has 1 saturated heterocycles. The molecule has 1 fully saturated rings. The summed E-state index contributed by atoms with van der Waals surface area (Å²) in [6.07, 6.45) is 4.23. The van der Waals surface area contributed by atoms with E-state index in [0.717, 1.165) is 35.6 Å². The van der Waals surface area contributed by atoms with E-state index in [1.54, 1.807) is 6.20 Å². The summed E-state index contributed by atoms with van der Waals surface area (Å²) in [4.78, 5) is 18.9. The molecular weight excluding hydrogens is 350 g/mol. The zero-order valence-electron chi connectivity index (χ0n) is 16.1. The highest BCUT2D eigenvalue weighted by Crippen LogP contribution is 2.24. The largest absolute Gasteiger partial charge is 0.484 e. The van der Waals surface area contributed by atoms with Gasteiger partial charge in [-0.1, -0.05) is 13.0 Å². The van der Waals surface area contributed by atoms with Gasteiger partial charge in [-0.25, -0.2) is 0 Å². The summed E-state index contributed by atoms with van der Waals surface area (Å²) in [6, 6.07) is 17.5. The van der Waals surface area contributed by atoms with Gasteiger partial charge in [-0.3, -0.25) is 9.78 Å². The molecule has 144 valence electrons. The minimum atomic E-state index is -0.175. The lowest BCUT2D eigenvalue weighted by atomic mass is 9.99. The van der Waals surface area contributed by atoms with Gasteiger partial charge in [-0.05, 0) is 67.3 Å². The number of rotatable bonds is 5. The Labute approximate surface area is 165 Å². The van der Waals surface area contributed by atoms with E-state index in [1.807, 2.05) is 42.5 Å². The van der Waals surface area contributed by atoms with Crippen molar-refractivity contribution in [2.45, 2.75) is 19.8 Å². The first kappa shape index (κ1) is 18.3. The number of hydrogen-bond donors (Lipinski definition) is 1. The van der Waals surface area contributed by atoms with Crippen LogP contribution in [0.15, 0.2) is 60.8 Å². The Kier molecular flexibility index (Phi) is 5.42. The summed E-state index contributed by atoms with van der Waals surface area (Å²) in [6.45, 7) is 4.48. The van der Waals surface area contributed by atoms with Gasteiger partial charge in [-0.15, -0.1) is 0 Å². The number of piperidine rings is 1. The SMILES string of the molecule is CC1CCN(c2ccc(NC(=O)COc3ccc4ncccc4c3)cc2)CC1. The topological polar surface area (TPSA) is 54.5 Å². The highest BCUT2D eigenvalue weighted by Gasteiger charge is 2.16. The van der Waals surface area contributed by atoms with Gasteiger partial charge in [0.1, 0.15) is 5.75 Å². The number of benzene rings is 2. The Morgan fingerprint density at radius 2 is 1.93 bits per heavy atom. The Balaban J connectivity index is 1.30. The monoisotopic (exact) mass is 375 g/mol. The molecule has 1 aromatic heterocycles. The van der Waals surface area contributed by atoms with E-state index >= 15 is 0 Å². The second-order valence-corrected chi connectivity index (χ2v) is 7.41. The van der Waals surface area contributed by atoms with Crippen LogP contribution in [0.3, 0.4) is 0 Å². The molecule has 1 aliphatic rings. The fourth-order valence-electron chi connectivity index (χ4n) is 3.51. The van der Waals surface area contributed by atoms with Crippen molar-refractivity contribution < 1.29 is 9.53 Å². The number of anilines is 2. The van der Waals surface area contributed by atoms with E-state index in [1.165, 1.54) is 18.5 Å². The number of nitrogens with one attached hydrogen (secondary N) is 1. The molecule has 0 aliphatic carbocycles. The van der Waals surface area contributed by atoms with Crippen LogP contribution < -0.4 is 15.0 Å². The van der Waals surface area contributed by atoms with Crippen LogP contribution in [0.4, 0.5) is 11.4 Å². The van der Waals surface area contributed by atoms with E-state index in [9.17, 15) is 4.79 Å². The normalized spacial score (nSPS) is 14.8. The third-order valence-electron chi connectivity index (χ3n) is 5.24. The first-order chi connectivity index (χ1) is 13.7. The lowest BCUT2D eigenvalue weighted by Crippen LogP contribution is -2.32. The van der Waals surface area contributed by atoms with Crippen LogP contribution in [0.1, 0.15) is 19.8 Å². The van der Waals surface area contributed by atoms with Gasteiger partial charge in [0.25, 0.3) is 5.91 Å². The van der Waals surface area contributed by atoms with Crippen molar-refractivity contribution in [1.29, 1.82) is 0 Å². The second kappa shape index (κ2) is 8.30. The fourth-order valence-corrected chi connectivity index (χ4v) is 3.51. The predicted molar refractivity (Wildman–Crippen MR) is 113 cm³/mol. The average molecular weight is 375 g/mol. The van der Waals surface area contributed by atoms with Crippen molar-refractivity contribution in [2.24, 2.45) is 5.92 Å². The third kappa shape index (κ3) is 4.42. The van der Waals surface area contributed by atoms with Gasteiger partial charge < -0.3 is 15.0 Å². The van der Waals surface area contributed by atoms with E-state index in [-0.39, 0.29) is 12.5 Å². The molecule has 0 bridgehead atoms. The lowest BCUT2D eigenvalue weighted by molar-refractivity contribution is -0.118. The maximum atomic E-state index is 12.2. The first-order valence-corrected chi connectivity index (χ1v) is 9.80. The number of pyridine rings is 1. The molecule has 2 aromatic carbocycles. The molecule has 4 rings (SSSR count). The number of amides is 1. The number of hydrogen-bond acceptors (Lipinski definition) is 4. The Morgan fingerprint density at radius 1 is 1.14 bits per heavy atom. The summed E-state index contributed by atoms with van der Waals surface area (Å²) in [5, 5.41) is 3.88. The molecule has 1 aliphatic heterocycles. The van der Waals surface area contributed by atoms with E-state index in [0.29, 0.717) is 5.75 Å². The molecule has 5 heteroatoms. The van der Waals surface area contributed by atoms with Crippen LogP contribution in [0.5, 0.6) is 5.75 Å². The summed E-state index contributed by atoms with van der Waals surface area (Å²) >= 11 is 0. The molecule has 0 spiro atoms. The van der Waals surface area contributed by atoms with Gasteiger partial charge >= 0.3 is 0 Å². The predicted octanol–water partition coefficient (Wildman–Crippen LogP) is 4.49. The first-order valence-electron chi connectivity index (χ1n) is 9.80. The van der Waals surface area contributed by atoms with Crippen LogP contribution in [0.25, 0.3) is 10.9 Å². The lowest BCUT2D eigenvalue weighted by Gasteiger charge is -2.32.